The Morgan fingerprint density at radius 2 is 2.23 bits per heavy atom. The molecule has 0 aliphatic rings. The maximum absolute atomic E-state index is 11.6. The fraction of sp³-hybridized carbons (Fsp3) is 0.111. The molecule has 0 saturated carbocycles. The van der Waals surface area contributed by atoms with Gasteiger partial charge in [0.15, 0.2) is 0 Å². The monoisotopic (exact) mass is 175 g/mol. The first kappa shape index (κ1) is 7.79. The molecule has 2 heterocycles. The van der Waals surface area contributed by atoms with E-state index in [4.69, 9.17) is 0 Å². The predicted molar refractivity (Wildman–Crippen MR) is 48.8 cm³/mol. The van der Waals surface area contributed by atoms with Crippen molar-refractivity contribution < 1.29 is 0 Å². The third-order valence-electron chi connectivity index (χ3n) is 1.89. The van der Waals surface area contributed by atoms with Gasteiger partial charge in [0.05, 0.1) is 6.33 Å². The van der Waals surface area contributed by atoms with E-state index in [9.17, 15) is 4.79 Å². The van der Waals surface area contributed by atoms with Gasteiger partial charge in [-0.05, 0) is 12.1 Å². The molecular weight excluding hydrogens is 166 g/mol. The molecule has 0 aliphatic heterocycles. The molecule has 4 nitrogen and oxygen atoms in total. The summed E-state index contributed by atoms with van der Waals surface area (Å²) in [4.78, 5) is 15.5. The number of hydrogen-bond donors (Lipinski definition) is 0. The highest BCUT2D eigenvalue weighted by molar-refractivity contribution is 5.27. The first-order chi connectivity index (χ1) is 6.29. The van der Waals surface area contributed by atoms with Crippen molar-refractivity contribution in [3.8, 4) is 5.69 Å². The minimum atomic E-state index is -0.0273. The Kier molecular flexibility index (Phi) is 1.73. The van der Waals surface area contributed by atoms with Crippen LogP contribution in [0.4, 0.5) is 0 Å². The van der Waals surface area contributed by atoms with Gasteiger partial charge in [0.2, 0.25) is 0 Å². The van der Waals surface area contributed by atoms with Crippen LogP contribution in [0.1, 0.15) is 0 Å². The molecule has 2 aromatic rings. The van der Waals surface area contributed by atoms with Crippen LogP contribution in [0.5, 0.6) is 0 Å². The summed E-state index contributed by atoms with van der Waals surface area (Å²) in [5.74, 6) is 0. The number of rotatable bonds is 1. The van der Waals surface area contributed by atoms with Gasteiger partial charge in [0.1, 0.15) is 5.69 Å². The summed E-state index contributed by atoms with van der Waals surface area (Å²) in [5.41, 5.74) is 0.586. The van der Waals surface area contributed by atoms with E-state index in [-0.39, 0.29) is 5.56 Å². The Labute approximate surface area is 75.1 Å². The van der Waals surface area contributed by atoms with Gasteiger partial charge in [0, 0.05) is 25.6 Å². The Bertz CT molecular complexity index is 456. The molecule has 0 radical (unpaired) electrons. The molecule has 0 saturated heterocycles. The van der Waals surface area contributed by atoms with Crippen LogP contribution < -0.4 is 5.56 Å². The number of aryl methyl sites for hydroxylation is 1. The van der Waals surface area contributed by atoms with Gasteiger partial charge in [0.25, 0.3) is 5.56 Å². The number of nitrogens with zero attached hydrogens (tertiary/aromatic N) is 3. The molecule has 66 valence electrons. The highest BCUT2D eigenvalue weighted by atomic mass is 16.1. The summed E-state index contributed by atoms with van der Waals surface area (Å²) in [5, 5.41) is 0. The van der Waals surface area contributed by atoms with E-state index >= 15 is 0 Å². The summed E-state index contributed by atoms with van der Waals surface area (Å²) in [7, 11) is 1.72. The van der Waals surface area contributed by atoms with Crippen LogP contribution in [0.15, 0.2) is 41.8 Å². The quantitative estimate of drug-likeness (QED) is 0.635. The third kappa shape index (κ3) is 1.26. The zero-order chi connectivity index (χ0) is 9.26. The summed E-state index contributed by atoms with van der Waals surface area (Å²) in [6, 6.07) is 3.60. The predicted octanol–water partition coefficient (Wildman–Crippen LogP) is 0.571. The Morgan fingerprint density at radius 1 is 1.38 bits per heavy atom. The van der Waals surface area contributed by atoms with E-state index in [1.165, 1.54) is 4.57 Å². The van der Waals surface area contributed by atoms with Gasteiger partial charge in [-0.1, -0.05) is 0 Å². The van der Waals surface area contributed by atoms with Crippen LogP contribution in [-0.4, -0.2) is 14.1 Å². The molecule has 0 aromatic carbocycles. The zero-order valence-corrected chi connectivity index (χ0v) is 7.21. The first-order valence-electron chi connectivity index (χ1n) is 3.93. The molecule has 0 bridgehead atoms. The van der Waals surface area contributed by atoms with Crippen LogP contribution in [0.3, 0.4) is 0 Å². The van der Waals surface area contributed by atoms with Gasteiger partial charge in [-0.3, -0.25) is 4.79 Å². The fourth-order valence-electron chi connectivity index (χ4n) is 1.18. The van der Waals surface area contributed by atoms with Gasteiger partial charge in [-0.15, -0.1) is 0 Å². The molecule has 2 rings (SSSR count). The second kappa shape index (κ2) is 2.90. The van der Waals surface area contributed by atoms with Gasteiger partial charge in [-0.2, -0.15) is 0 Å². The zero-order valence-electron chi connectivity index (χ0n) is 7.21. The van der Waals surface area contributed by atoms with Crippen molar-refractivity contribution in [1.29, 1.82) is 0 Å². The lowest BCUT2D eigenvalue weighted by Crippen LogP contribution is -2.20. The van der Waals surface area contributed by atoms with Crippen molar-refractivity contribution in [3.63, 3.8) is 0 Å². The lowest BCUT2D eigenvalue weighted by Gasteiger charge is -2.02. The maximum atomic E-state index is 11.6. The van der Waals surface area contributed by atoms with Gasteiger partial charge < -0.3 is 9.13 Å². The SMILES string of the molecule is Cn1cccc(-n2ccnc2)c1=O. The van der Waals surface area contributed by atoms with E-state index in [0.29, 0.717) is 5.69 Å². The Hall–Kier alpha value is -1.84. The van der Waals surface area contributed by atoms with Crippen molar-refractivity contribution in [2.45, 2.75) is 0 Å². The van der Waals surface area contributed by atoms with E-state index < -0.39 is 0 Å². The van der Waals surface area contributed by atoms with Crippen LogP contribution in [0, 0.1) is 0 Å². The van der Waals surface area contributed by atoms with Crippen molar-refractivity contribution in [2.24, 2.45) is 7.05 Å². The molecule has 0 atom stereocenters. The standard InChI is InChI=1S/C9H9N3O/c1-11-5-2-3-8(9(11)13)12-6-4-10-7-12/h2-7H,1H3. The van der Waals surface area contributed by atoms with Gasteiger partial charge >= 0.3 is 0 Å². The second-order valence-corrected chi connectivity index (χ2v) is 2.78. The summed E-state index contributed by atoms with van der Waals surface area (Å²) >= 11 is 0. The van der Waals surface area contributed by atoms with Crippen molar-refractivity contribution in [3.05, 3.63) is 47.4 Å². The highest BCUT2D eigenvalue weighted by Gasteiger charge is 2.00. The van der Waals surface area contributed by atoms with Crippen LogP contribution >= 0.6 is 0 Å². The van der Waals surface area contributed by atoms with Crippen molar-refractivity contribution in [1.82, 2.24) is 14.1 Å². The minimum Gasteiger partial charge on any atom is -0.317 e. The molecule has 13 heavy (non-hydrogen) atoms. The summed E-state index contributed by atoms with van der Waals surface area (Å²) < 4.78 is 3.23. The molecular formula is C9H9N3O. The third-order valence-corrected chi connectivity index (χ3v) is 1.89. The average Bonchev–Trinajstić information content (AvgIpc) is 2.62. The smallest absolute Gasteiger partial charge is 0.274 e. The number of imidazole rings is 1. The van der Waals surface area contributed by atoms with Crippen LogP contribution in [-0.2, 0) is 7.05 Å². The molecule has 0 unspecified atom stereocenters. The largest absolute Gasteiger partial charge is 0.317 e. The first-order valence-corrected chi connectivity index (χ1v) is 3.93. The molecule has 0 amide bonds. The van der Waals surface area contributed by atoms with Crippen molar-refractivity contribution >= 4 is 0 Å². The Morgan fingerprint density at radius 3 is 2.92 bits per heavy atom. The Balaban J connectivity index is 2.66. The van der Waals surface area contributed by atoms with Crippen LogP contribution in [0.25, 0.3) is 5.69 Å². The minimum absolute atomic E-state index is 0.0273. The van der Waals surface area contributed by atoms with Crippen molar-refractivity contribution in [2.75, 3.05) is 0 Å². The van der Waals surface area contributed by atoms with Gasteiger partial charge in [-0.25, -0.2) is 4.98 Å². The van der Waals surface area contributed by atoms with E-state index in [1.54, 1.807) is 42.6 Å². The topological polar surface area (TPSA) is 39.8 Å². The summed E-state index contributed by atoms with van der Waals surface area (Å²) in [6.45, 7) is 0. The molecule has 0 fully saturated rings. The van der Waals surface area contributed by atoms with E-state index in [1.807, 2.05) is 6.07 Å². The fourth-order valence-corrected chi connectivity index (χ4v) is 1.18. The average molecular weight is 175 g/mol. The molecule has 4 heteroatoms. The van der Waals surface area contributed by atoms with E-state index in [2.05, 4.69) is 4.98 Å². The summed E-state index contributed by atoms with van der Waals surface area (Å²) in [6.07, 6.45) is 6.72. The number of pyridine rings is 1. The highest BCUT2D eigenvalue weighted by Crippen LogP contribution is 1.98. The lowest BCUT2D eigenvalue weighted by molar-refractivity contribution is 0.837. The number of aromatic nitrogens is 3. The number of hydrogen-bond acceptors (Lipinski definition) is 2. The normalized spacial score (nSPS) is 10.2. The van der Waals surface area contributed by atoms with E-state index in [0.717, 1.165) is 0 Å². The maximum Gasteiger partial charge on any atom is 0.274 e. The second-order valence-electron chi connectivity index (χ2n) is 2.78. The molecule has 0 spiro atoms. The molecule has 0 aliphatic carbocycles. The van der Waals surface area contributed by atoms with Crippen LogP contribution in [0.2, 0.25) is 0 Å². The molecule has 2 aromatic heterocycles. The lowest BCUT2D eigenvalue weighted by atomic mass is 10.4. The molecule has 0 N–H and O–H groups in total.